The lowest BCUT2D eigenvalue weighted by Crippen LogP contribution is -2.46. The van der Waals surface area contributed by atoms with E-state index in [-0.39, 0.29) is 31.3 Å². The molecule has 0 aliphatic heterocycles. The molecule has 6 heteroatoms. The maximum absolute atomic E-state index is 13.1. The average Bonchev–Trinajstić information content (AvgIpc) is 3.20. The first-order valence-corrected chi connectivity index (χ1v) is 24.0. The highest BCUT2D eigenvalue weighted by molar-refractivity contribution is 5.77. The van der Waals surface area contributed by atoms with Gasteiger partial charge in [-0.25, -0.2) is 0 Å². The number of aliphatic hydroxyl groups is 2. The van der Waals surface area contributed by atoms with Crippen LogP contribution < -0.4 is 5.32 Å². The number of rotatable bonds is 42. The standard InChI is InChI=1S/C51H91NO5/c1-4-7-10-13-16-19-22-25-27-30-33-36-39-42-47(57-51(56)44-41-38-35-32-29-26-23-20-17-14-11-8-5-2)45-50(55)52-48(46-53)49(54)43-40-37-34-31-28-24-21-18-15-12-9-6-3/h7,10,13,16,19,22,26,29,35,38,47-49,53-54H,4-6,8-9,11-12,14-15,17-18,20-21,23-25,27-28,30-34,36-37,39-46H2,1-3H3,(H,52,55)/b10-7+,16-13+,22-19+,29-26-,38-35+. The summed E-state index contributed by atoms with van der Waals surface area (Å²) >= 11 is 0. The van der Waals surface area contributed by atoms with Crippen molar-refractivity contribution in [1.29, 1.82) is 0 Å². The van der Waals surface area contributed by atoms with Crippen LogP contribution in [0.15, 0.2) is 60.8 Å². The van der Waals surface area contributed by atoms with Gasteiger partial charge in [-0.2, -0.15) is 0 Å². The Balaban J connectivity index is 4.70. The summed E-state index contributed by atoms with van der Waals surface area (Å²) in [7, 11) is 0. The van der Waals surface area contributed by atoms with Crippen molar-refractivity contribution < 1.29 is 24.5 Å². The van der Waals surface area contributed by atoms with Gasteiger partial charge in [-0.15, -0.1) is 0 Å². The Kier molecular flexibility index (Phi) is 42.7. The van der Waals surface area contributed by atoms with E-state index in [0.717, 1.165) is 77.0 Å². The number of allylic oxidation sites excluding steroid dienone is 10. The van der Waals surface area contributed by atoms with E-state index in [9.17, 15) is 19.8 Å². The van der Waals surface area contributed by atoms with Gasteiger partial charge in [-0.3, -0.25) is 9.59 Å². The minimum Gasteiger partial charge on any atom is -0.462 e. The molecular formula is C51H91NO5. The second kappa shape index (κ2) is 44.7. The smallest absolute Gasteiger partial charge is 0.306 e. The highest BCUT2D eigenvalue weighted by atomic mass is 16.5. The monoisotopic (exact) mass is 798 g/mol. The van der Waals surface area contributed by atoms with E-state index < -0.39 is 18.2 Å². The Morgan fingerprint density at radius 1 is 0.544 bits per heavy atom. The zero-order valence-electron chi connectivity index (χ0n) is 37.5. The predicted octanol–water partition coefficient (Wildman–Crippen LogP) is 14.1. The number of unbranched alkanes of at least 4 members (excludes halogenated alkanes) is 22. The van der Waals surface area contributed by atoms with Gasteiger partial charge >= 0.3 is 5.97 Å². The molecule has 1 amide bonds. The fourth-order valence-electron chi connectivity index (χ4n) is 7.01. The highest BCUT2D eigenvalue weighted by Crippen LogP contribution is 2.17. The summed E-state index contributed by atoms with van der Waals surface area (Å²) in [4.78, 5) is 26.0. The van der Waals surface area contributed by atoms with Crippen LogP contribution in [0.25, 0.3) is 0 Å². The molecule has 0 radical (unpaired) electrons. The van der Waals surface area contributed by atoms with Crippen LogP contribution in [0, 0.1) is 0 Å². The van der Waals surface area contributed by atoms with Gasteiger partial charge in [0, 0.05) is 6.42 Å². The SMILES string of the molecule is CC/C=C/C=C/C=C/CCCCCCCC(CC(=O)NC(CO)C(O)CCCCCCCCCCCCCC)OC(=O)CC/C=C/C/C=C\CCCCCCCC. The van der Waals surface area contributed by atoms with Crippen LogP contribution in [0.4, 0.5) is 0 Å². The highest BCUT2D eigenvalue weighted by Gasteiger charge is 2.24. The Morgan fingerprint density at radius 3 is 1.56 bits per heavy atom. The molecule has 0 bridgehead atoms. The van der Waals surface area contributed by atoms with Crippen molar-refractivity contribution in [3.8, 4) is 0 Å². The van der Waals surface area contributed by atoms with Crippen molar-refractivity contribution >= 4 is 11.9 Å². The van der Waals surface area contributed by atoms with E-state index in [1.54, 1.807) is 0 Å². The lowest BCUT2D eigenvalue weighted by atomic mass is 10.0. The topological polar surface area (TPSA) is 95.9 Å². The number of hydrogen-bond donors (Lipinski definition) is 3. The van der Waals surface area contributed by atoms with E-state index in [0.29, 0.717) is 19.3 Å². The van der Waals surface area contributed by atoms with E-state index in [2.05, 4.69) is 80.8 Å². The van der Waals surface area contributed by atoms with Crippen LogP contribution in [0.2, 0.25) is 0 Å². The lowest BCUT2D eigenvalue weighted by molar-refractivity contribution is -0.150. The van der Waals surface area contributed by atoms with Crippen molar-refractivity contribution in [1.82, 2.24) is 5.32 Å². The number of ether oxygens (including phenoxy) is 1. The number of hydrogen-bond acceptors (Lipinski definition) is 5. The second-order valence-electron chi connectivity index (χ2n) is 16.2. The van der Waals surface area contributed by atoms with Crippen LogP contribution >= 0.6 is 0 Å². The van der Waals surface area contributed by atoms with Crippen molar-refractivity contribution in [2.45, 2.75) is 244 Å². The van der Waals surface area contributed by atoms with Crippen molar-refractivity contribution in [3.63, 3.8) is 0 Å². The number of carbonyl (C=O) groups is 2. The van der Waals surface area contributed by atoms with E-state index in [4.69, 9.17) is 4.74 Å². The van der Waals surface area contributed by atoms with Gasteiger partial charge in [0.25, 0.3) is 0 Å². The zero-order valence-corrected chi connectivity index (χ0v) is 37.5. The maximum atomic E-state index is 13.1. The van der Waals surface area contributed by atoms with Gasteiger partial charge in [0.2, 0.25) is 5.91 Å². The molecule has 0 saturated carbocycles. The van der Waals surface area contributed by atoms with Crippen LogP contribution in [0.5, 0.6) is 0 Å². The van der Waals surface area contributed by atoms with Crippen LogP contribution in [-0.2, 0) is 14.3 Å². The summed E-state index contributed by atoms with van der Waals surface area (Å²) in [6.45, 7) is 6.31. The first-order chi connectivity index (χ1) is 28.0. The quantitative estimate of drug-likeness (QED) is 0.0247. The third-order valence-electron chi connectivity index (χ3n) is 10.7. The molecule has 0 saturated heterocycles. The molecule has 0 heterocycles. The first-order valence-electron chi connectivity index (χ1n) is 24.0. The van der Waals surface area contributed by atoms with Gasteiger partial charge in [-0.1, -0.05) is 210 Å². The fourth-order valence-corrected chi connectivity index (χ4v) is 7.01. The van der Waals surface area contributed by atoms with Gasteiger partial charge in [-0.05, 0) is 64.2 Å². The molecule has 0 aromatic carbocycles. The first kappa shape index (κ1) is 54.6. The van der Waals surface area contributed by atoms with Gasteiger partial charge in [0.1, 0.15) is 6.10 Å². The predicted molar refractivity (Wildman–Crippen MR) is 245 cm³/mol. The number of esters is 1. The normalized spacial score (nSPS) is 13.8. The Hall–Kier alpha value is -2.44. The summed E-state index contributed by atoms with van der Waals surface area (Å²) in [5.74, 6) is -0.577. The van der Waals surface area contributed by atoms with Crippen LogP contribution in [-0.4, -0.2) is 46.9 Å². The third-order valence-corrected chi connectivity index (χ3v) is 10.7. The number of amides is 1. The summed E-state index contributed by atoms with van der Waals surface area (Å²) in [6, 6.07) is -0.719. The van der Waals surface area contributed by atoms with E-state index in [1.165, 1.54) is 96.3 Å². The van der Waals surface area contributed by atoms with Crippen LogP contribution in [0.1, 0.15) is 226 Å². The summed E-state index contributed by atoms with van der Waals surface area (Å²) < 4.78 is 5.87. The van der Waals surface area contributed by atoms with Gasteiger partial charge in [0.15, 0.2) is 0 Å². The Morgan fingerprint density at radius 2 is 1.02 bits per heavy atom. The number of aliphatic hydroxyl groups excluding tert-OH is 2. The molecule has 0 aromatic rings. The third kappa shape index (κ3) is 40.1. The Bertz CT molecular complexity index is 1030. The molecule has 3 unspecified atom stereocenters. The molecule has 3 N–H and O–H groups in total. The van der Waals surface area contributed by atoms with E-state index in [1.807, 2.05) is 6.08 Å². The van der Waals surface area contributed by atoms with Crippen molar-refractivity contribution in [2.75, 3.05) is 6.61 Å². The minimum absolute atomic E-state index is 0.0402. The molecule has 0 fully saturated rings. The van der Waals surface area contributed by atoms with Gasteiger partial charge < -0.3 is 20.3 Å². The summed E-state index contributed by atoms with van der Waals surface area (Å²) in [6.07, 6.45) is 54.3. The largest absolute Gasteiger partial charge is 0.462 e. The molecule has 0 rings (SSSR count). The molecule has 0 spiro atoms. The van der Waals surface area contributed by atoms with Gasteiger partial charge in [0.05, 0.1) is 25.2 Å². The Labute approximate surface area is 352 Å². The van der Waals surface area contributed by atoms with E-state index >= 15 is 0 Å². The molecule has 6 nitrogen and oxygen atoms in total. The fraction of sp³-hybridized carbons (Fsp3) is 0.765. The molecule has 0 aliphatic rings. The van der Waals surface area contributed by atoms with Crippen LogP contribution in [0.3, 0.4) is 0 Å². The van der Waals surface area contributed by atoms with Crippen molar-refractivity contribution in [2.24, 2.45) is 0 Å². The molecule has 0 aliphatic carbocycles. The minimum atomic E-state index is -0.802. The molecule has 0 aromatic heterocycles. The number of nitrogens with one attached hydrogen (secondary N) is 1. The summed E-state index contributed by atoms with van der Waals surface area (Å²) in [5.41, 5.74) is 0. The summed E-state index contributed by atoms with van der Waals surface area (Å²) in [5, 5.41) is 23.7. The molecule has 3 atom stereocenters. The molecule has 57 heavy (non-hydrogen) atoms. The second-order valence-corrected chi connectivity index (χ2v) is 16.2. The molecular weight excluding hydrogens is 707 g/mol. The zero-order chi connectivity index (χ0) is 41.7. The maximum Gasteiger partial charge on any atom is 0.306 e. The molecule has 330 valence electrons. The lowest BCUT2D eigenvalue weighted by Gasteiger charge is -2.24. The van der Waals surface area contributed by atoms with Crippen molar-refractivity contribution in [3.05, 3.63) is 60.8 Å². The number of carbonyl (C=O) groups excluding carboxylic acids is 2. The average molecular weight is 798 g/mol.